The molecule has 3 N–H and O–H groups in total. The Morgan fingerprint density at radius 2 is 2.47 bits per heavy atom. The average Bonchev–Trinajstić information content (AvgIpc) is 2.47. The molecule has 1 amide bonds. The van der Waals surface area contributed by atoms with Crippen LogP contribution >= 0.6 is 0 Å². The van der Waals surface area contributed by atoms with E-state index in [4.69, 9.17) is 10.6 Å². The molecular weight excluding hydrogens is 244 g/mol. The van der Waals surface area contributed by atoms with E-state index in [9.17, 15) is 4.79 Å². The van der Waals surface area contributed by atoms with Gasteiger partial charge >= 0.3 is 0 Å². The molecule has 1 fully saturated rings. The van der Waals surface area contributed by atoms with Gasteiger partial charge in [0.1, 0.15) is 5.69 Å². The van der Waals surface area contributed by atoms with Crippen molar-refractivity contribution in [3.05, 3.63) is 24.0 Å². The molecule has 0 bridgehead atoms. The van der Waals surface area contributed by atoms with E-state index in [0.29, 0.717) is 17.9 Å². The predicted octanol–water partition coefficient (Wildman–Crippen LogP) is 1.01. The summed E-state index contributed by atoms with van der Waals surface area (Å²) in [5.74, 6) is 5.20. The summed E-state index contributed by atoms with van der Waals surface area (Å²) in [6.45, 7) is 1.39. The Morgan fingerprint density at radius 1 is 1.63 bits per heavy atom. The molecule has 0 saturated carbocycles. The Labute approximate surface area is 112 Å². The number of nitrogen functional groups attached to an aromatic ring is 1. The van der Waals surface area contributed by atoms with Crippen molar-refractivity contribution in [1.29, 1.82) is 0 Å². The summed E-state index contributed by atoms with van der Waals surface area (Å²) >= 11 is 0. The lowest BCUT2D eigenvalue weighted by atomic mass is 10.1. The summed E-state index contributed by atoms with van der Waals surface area (Å²) in [7, 11) is 1.77. The molecule has 1 aliphatic heterocycles. The Kier molecular flexibility index (Phi) is 4.70. The molecular formula is C13H20N4O2. The smallest absolute Gasteiger partial charge is 0.272 e. The summed E-state index contributed by atoms with van der Waals surface area (Å²) in [5, 5.41) is 0. The van der Waals surface area contributed by atoms with Crippen LogP contribution in [0.25, 0.3) is 0 Å². The van der Waals surface area contributed by atoms with E-state index >= 15 is 0 Å². The lowest BCUT2D eigenvalue weighted by molar-refractivity contribution is -0.000288. The first-order valence-corrected chi connectivity index (χ1v) is 6.50. The van der Waals surface area contributed by atoms with Crippen molar-refractivity contribution in [2.75, 3.05) is 25.6 Å². The van der Waals surface area contributed by atoms with E-state index in [1.807, 2.05) is 0 Å². The molecule has 2 heterocycles. The van der Waals surface area contributed by atoms with E-state index in [1.54, 1.807) is 30.3 Å². The summed E-state index contributed by atoms with van der Waals surface area (Å²) in [6.07, 6.45) is 4.99. The SMILES string of the molecule is CN(CC1CCCCO1)C(=O)c1cc(NN)ccn1. The zero-order valence-corrected chi connectivity index (χ0v) is 11.1. The van der Waals surface area contributed by atoms with E-state index in [2.05, 4.69) is 10.4 Å². The fourth-order valence-corrected chi connectivity index (χ4v) is 2.17. The summed E-state index contributed by atoms with van der Waals surface area (Å²) in [6, 6.07) is 3.35. The first kappa shape index (κ1) is 13.8. The summed E-state index contributed by atoms with van der Waals surface area (Å²) in [5.41, 5.74) is 3.56. The standard InChI is InChI=1S/C13H20N4O2/c1-17(9-11-4-2-3-7-19-11)13(18)12-8-10(16-14)5-6-15-12/h5-6,8,11H,2-4,7,9,14H2,1H3,(H,15,16). The van der Waals surface area contributed by atoms with Crippen molar-refractivity contribution in [3.8, 4) is 0 Å². The Balaban J connectivity index is 1.97. The minimum absolute atomic E-state index is 0.119. The van der Waals surface area contributed by atoms with Gasteiger partial charge < -0.3 is 15.1 Å². The molecule has 6 nitrogen and oxygen atoms in total. The lowest BCUT2D eigenvalue weighted by Gasteiger charge is -2.27. The number of nitrogens with two attached hydrogens (primary N) is 1. The fourth-order valence-electron chi connectivity index (χ4n) is 2.17. The molecule has 1 aliphatic rings. The van der Waals surface area contributed by atoms with Crippen molar-refractivity contribution in [2.24, 2.45) is 5.84 Å². The zero-order valence-electron chi connectivity index (χ0n) is 11.1. The number of hydrogen-bond acceptors (Lipinski definition) is 5. The highest BCUT2D eigenvalue weighted by atomic mass is 16.5. The average molecular weight is 264 g/mol. The summed E-state index contributed by atoms with van der Waals surface area (Å²) in [4.78, 5) is 18.0. The van der Waals surface area contributed by atoms with Crippen molar-refractivity contribution in [3.63, 3.8) is 0 Å². The van der Waals surface area contributed by atoms with E-state index < -0.39 is 0 Å². The highest BCUT2D eigenvalue weighted by Crippen LogP contribution is 2.15. The van der Waals surface area contributed by atoms with Crippen molar-refractivity contribution < 1.29 is 9.53 Å². The highest BCUT2D eigenvalue weighted by Gasteiger charge is 2.20. The quantitative estimate of drug-likeness (QED) is 0.626. The minimum Gasteiger partial charge on any atom is -0.376 e. The number of carbonyl (C=O) groups excluding carboxylic acids is 1. The molecule has 0 aliphatic carbocycles. The number of nitrogens with one attached hydrogen (secondary N) is 1. The second kappa shape index (κ2) is 6.49. The molecule has 1 aromatic rings. The second-order valence-corrected chi connectivity index (χ2v) is 4.75. The van der Waals surface area contributed by atoms with Crippen molar-refractivity contribution in [1.82, 2.24) is 9.88 Å². The molecule has 0 aromatic carbocycles. The highest BCUT2D eigenvalue weighted by molar-refractivity contribution is 5.92. The monoisotopic (exact) mass is 264 g/mol. The number of carbonyl (C=O) groups is 1. The van der Waals surface area contributed by atoms with Crippen LogP contribution in [0.3, 0.4) is 0 Å². The van der Waals surface area contributed by atoms with Crippen LogP contribution < -0.4 is 11.3 Å². The fraction of sp³-hybridized carbons (Fsp3) is 0.538. The third-order valence-corrected chi connectivity index (χ3v) is 3.24. The van der Waals surface area contributed by atoms with Gasteiger partial charge in [-0.25, -0.2) is 0 Å². The first-order chi connectivity index (χ1) is 9.20. The van der Waals surface area contributed by atoms with E-state index in [1.165, 1.54) is 0 Å². The van der Waals surface area contributed by atoms with Gasteiger partial charge in [-0.15, -0.1) is 0 Å². The molecule has 1 unspecified atom stereocenters. The van der Waals surface area contributed by atoms with Crippen LogP contribution in [-0.2, 0) is 4.74 Å². The molecule has 1 saturated heterocycles. The van der Waals surface area contributed by atoms with Crippen LogP contribution in [0, 0.1) is 0 Å². The molecule has 1 aromatic heterocycles. The van der Waals surface area contributed by atoms with Gasteiger partial charge in [0.05, 0.1) is 11.8 Å². The number of aromatic nitrogens is 1. The largest absolute Gasteiger partial charge is 0.376 e. The number of anilines is 1. The maximum absolute atomic E-state index is 12.2. The van der Waals surface area contributed by atoms with Gasteiger partial charge in [0.2, 0.25) is 0 Å². The van der Waals surface area contributed by atoms with E-state index in [0.717, 1.165) is 25.9 Å². The van der Waals surface area contributed by atoms with Crippen LogP contribution in [-0.4, -0.2) is 42.1 Å². The van der Waals surface area contributed by atoms with Gasteiger partial charge in [-0.3, -0.25) is 15.6 Å². The van der Waals surface area contributed by atoms with Gasteiger partial charge in [0, 0.05) is 26.4 Å². The van der Waals surface area contributed by atoms with Crippen LogP contribution in [0.15, 0.2) is 18.3 Å². The maximum Gasteiger partial charge on any atom is 0.272 e. The number of ether oxygens (including phenoxy) is 1. The van der Waals surface area contributed by atoms with Gasteiger partial charge in [0.15, 0.2) is 0 Å². The third-order valence-electron chi connectivity index (χ3n) is 3.24. The summed E-state index contributed by atoms with van der Waals surface area (Å²) < 4.78 is 5.63. The topological polar surface area (TPSA) is 80.5 Å². The van der Waals surface area contributed by atoms with E-state index in [-0.39, 0.29) is 12.0 Å². The van der Waals surface area contributed by atoms with Gasteiger partial charge in [-0.1, -0.05) is 0 Å². The van der Waals surface area contributed by atoms with Crippen molar-refractivity contribution in [2.45, 2.75) is 25.4 Å². The number of nitrogens with zero attached hydrogens (tertiary/aromatic N) is 2. The van der Waals surface area contributed by atoms with Gasteiger partial charge in [-0.05, 0) is 31.4 Å². The lowest BCUT2D eigenvalue weighted by Crippen LogP contribution is -2.37. The molecule has 1 atom stereocenters. The van der Waals surface area contributed by atoms with Gasteiger partial charge in [-0.2, -0.15) is 0 Å². The molecule has 19 heavy (non-hydrogen) atoms. The number of hydrogen-bond donors (Lipinski definition) is 2. The number of hydrazine groups is 1. The normalized spacial score (nSPS) is 18.9. The Hall–Kier alpha value is -1.66. The van der Waals surface area contributed by atoms with Crippen molar-refractivity contribution >= 4 is 11.6 Å². The van der Waals surface area contributed by atoms with Crippen LogP contribution in [0.2, 0.25) is 0 Å². The Bertz CT molecular complexity index is 432. The van der Waals surface area contributed by atoms with Crippen LogP contribution in [0.5, 0.6) is 0 Å². The number of likely N-dealkylation sites (N-methyl/N-ethyl adjacent to an activating group) is 1. The number of rotatable bonds is 4. The molecule has 0 radical (unpaired) electrons. The molecule has 104 valence electrons. The number of amides is 1. The second-order valence-electron chi connectivity index (χ2n) is 4.75. The minimum atomic E-state index is -0.119. The third kappa shape index (κ3) is 3.65. The van der Waals surface area contributed by atoms with Crippen LogP contribution in [0.1, 0.15) is 29.8 Å². The molecule has 0 spiro atoms. The van der Waals surface area contributed by atoms with Gasteiger partial charge in [0.25, 0.3) is 5.91 Å². The zero-order chi connectivity index (χ0) is 13.7. The molecule has 6 heteroatoms. The molecule has 2 rings (SSSR count). The predicted molar refractivity (Wildman–Crippen MR) is 72.6 cm³/mol. The first-order valence-electron chi connectivity index (χ1n) is 6.50. The maximum atomic E-state index is 12.2. The number of pyridine rings is 1. The Morgan fingerprint density at radius 3 is 3.16 bits per heavy atom. The van der Waals surface area contributed by atoms with Crippen LogP contribution in [0.4, 0.5) is 5.69 Å².